The van der Waals surface area contributed by atoms with E-state index in [-0.39, 0.29) is 5.91 Å². The first-order valence-electron chi connectivity index (χ1n) is 7.04. The van der Waals surface area contributed by atoms with Crippen LogP contribution in [-0.2, 0) is 0 Å². The number of fused-ring (bicyclic) bond motifs is 1. The normalized spacial score (nSPS) is 11.6. The molecule has 4 heteroatoms. The fourth-order valence-electron chi connectivity index (χ4n) is 2.30. The summed E-state index contributed by atoms with van der Waals surface area (Å²) < 4.78 is 0. The molecule has 3 aromatic rings. The number of amides is 1. The van der Waals surface area contributed by atoms with Gasteiger partial charge in [0, 0.05) is 10.4 Å². The van der Waals surface area contributed by atoms with Gasteiger partial charge in [0.15, 0.2) is 0 Å². The van der Waals surface area contributed by atoms with Crippen LogP contribution in [0.15, 0.2) is 59.7 Å². The molecular formula is C18H16N2OS. The van der Waals surface area contributed by atoms with E-state index in [0.717, 1.165) is 21.4 Å². The van der Waals surface area contributed by atoms with Crippen LogP contribution in [0.5, 0.6) is 0 Å². The Kier molecular flexibility index (Phi) is 4.02. The number of hydrazone groups is 1. The first-order chi connectivity index (χ1) is 10.6. The highest BCUT2D eigenvalue weighted by Crippen LogP contribution is 2.19. The highest BCUT2D eigenvalue weighted by Gasteiger charge is 2.09. The summed E-state index contributed by atoms with van der Waals surface area (Å²) >= 11 is 1.66. The zero-order chi connectivity index (χ0) is 15.5. The monoisotopic (exact) mass is 308 g/mol. The second kappa shape index (κ2) is 6.12. The molecule has 22 heavy (non-hydrogen) atoms. The van der Waals surface area contributed by atoms with Crippen molar-refractivity contribution in [1.29, 1.82) is 0 Å². The summed E-state index contributed by atoms with van der Waals surface area (Å²) in [6.07, 6.45) is 0. The minimum absolute atomic E-state index is 0.190. The molecule has 2 aromatic carbocycles. The second-order valence-corrected chi connectivity index (χ2v) is 6.36. The Morgan fingerprint density at radius 3 is 2.59 bits per heavy atom. The molecule has 0 aliphatic carbocycles. The van der Waals surface area contributed by atoms with Crippen LogP contribution in [0.2, 0.25) is 0 Å². The number of aryl methyl sites for hydroxylation is 1. The Labute approximate surface area is 133 Å². The van der Waals surface area contributed by atoms with Crippen molar-refractivity contribution in [2.24, 2.45) is 5.10 Å². The van der Waals surface area contributed by atoms with Gasteiger partial charge in [0.25, 0.3) is 5.91 Å². The largest absolute Gasteiger partial charge is 0.272 e. The van der Waals surface area contributed by atoms with Crippen LogP contribution in [0.4, 0.5) is 0 Å². The quantitative estimate of drug-likeness (QED) is 0.567. The highest BCUT2D eigenvalue weighted by atomic mass is 32.1. The summed E-state index contributed by atoms with van der Waals surface area (Å²) in [5.41, 5.74) is 4.10. The number of carbonyl (C=O) groups is 1. The summed E-state index contributed by atoms with van der Waals surface area (Å²) in [7, 11) is 0. The van der Waals surface area contributed by atoms with Crippen molar-refractivity contribution in [3.05, 3.63) is 69.9 Å². The smallest absolute Gasteiger partial charge is 0.267 e. The summed E-state index contributed by atoms with van der Waals surface area (Å²) in [6, 6.07) is 17.6. The van der Waals surface area contributed by atoms with Gasteiger partial charge in [0.2, 0.25) is 0 Å². The van der Waals surface area contributed by atoms with Gasteiger partial charge in [-0.05, 0) is 42.8 Å². The Hall–Kier alpha value is -2.46. The Morgan fingerprint density at radius 2 is 1.82 bits per heavy atom. The van der Waals surface area contributed by atoms with Crippen molar-refractivity contribution in [2.75, 3.05) is 0 Å². The van der Waals surface area contributed by atoms with Crippen LogP contribution >= 0.6 is 11.3 Å². The number of carbonyl (C=O) groups excluding carboxylic acids is 1. The predicted octanol–water partition coefficient (Wildman–Crippen LogP) is 4.36. The fourth-order valence-corrected chi connectivity index (χ4v) is 3.11. The standard InChI is InChI=1S/C18H16N2OS/c1-12-10-11-17(22-12)13(2)19-20-18(21)16-9-5-7-14-6-3-4-8-15(14)16/h3-11H,1-2H3,(H,20,21)/b19-13-. The first-order valence-corrected chi connectivity index (χ1v) is 7.86. The number of rotatable bonds is 3. The summed E-state index contributed by atoms with van der Waals surface area (Å²) in [4.78, 5) is 14.7. The average molecular weight is 308 g/mol. The molecule has 0 saturated carbocycles. The van der Waals surface area contributed by atoms with Crippen LogP contribution in [0.25, 0.3) is 10.8 Å². The van der Waals surface area contributed by atoms with Gasteiger partial charge < -0.3 is 0 Å². The molecule has 0 aliphatic heterocycles. The molecular weight excluding hydrogens is 292 g/mol. The van der Waals surface area contributed by atoms with Crippen molar-refractivity contribution in [2.45, 2.75) is 13.8 Å². The van der Waals surface area contributed by atoms with Crippen LogP contribution in [0.1, 0.15) is 27.0 Å². The molecule has 0 aliphatic rings. The molecule has 0 fully saturated rings. The average Bonchev–Trinajstić information content (AvgIpc) is 2.98. The van der Waals surface area contributed by atoms with E-state index in [1.807, 2.05) is 61.5 Å². The zero-order valence-corrected chi connectivity index (χ0v) is 13.3. The van der Waals surface area contributed by atoms with Gasteiger partial charge in [-0.1, -0.05) is 36.4 Å². The molecule has 0 unspecified atom stereocenters. The molecule has 1 N–H and O–H groups in total. The van der Waals surface area contributed by atoms with Crippen molar-refractivity contribution in [3.8, 4) is 0 Å². The van der Waals surface area contributed by atoms with E-state index in [0.29, 0.717) is 5.56 Å². The number of hydrogen-bond donors (Lipinski definition) is 1. The van der Waals surface area contributed by atoms with Crippen LogP contribution < -0.4 is 5.43 Å². The first kappa shape index (κ1) is 14.5. The van der Waals surface area contributed by atoms with E-state index in [1.165, 1.54) is 4.88 Å². The van der Waals surface area contributed by atoms with E-state index >= 15 is 0 Å². The van der Waals surface area contributed by atoms with E-state index in [9.17, 15) is 4.79 Å². The Balaban J connectivity index is 1.85. The predicted molar refractivity (Wildman–Crippen MR) is 92.7 cm³/mol. The van der Waals surface area contributed by atoms with Crippen LogP contribution in [-0.4, -0.2) is 11.6 Å². The third-order valence-electron chi connectivity index (χ3n) is 3.46. The molecule has 0 atom stereocenters. The minimum atomic E-state index is -0.190. The van der Waals surface area contributed by atoms with E-state index in [4.69, 9.17) is 0 Å². The molecule has 0 spiro atoms. The lowest BCUT2D eigenvalue weighted by atomic mass is 10.0. The van der Waals surface area contributed by atoms with Crippen molar-refractivity contribution in [3.63, 3.8) is 0 Å². The van der Waals surface area contributed by atoms with Gasteiger partial charge >= 0.3 is 0 Å². The van der Waals surface area contributed by atoms with Crippen molar-refractivity contribution < 1.29 is 4.79 Å². The molecule has 0 saturated heterocycles. The van der Waals surface area contributed by atoms with Gasteiger partial charge in [-0.25, -0.2) is 5.43 Å². The molecule has 0 bridgehead atoms. The van der Waals surface area contributed by atoms with Gasteiger partial charge in [-0.3, -0.25) is 4.79 Å². The van der Waals surface area contributed by atoms with Crippen LogP contribution in [0.3, 0.4) is 0 Å². The lowest BCUT2D eigenvalue weighted by Gasteiger charge is -2.05. The maximum absolute atomic E-state index is 12.4. The summed E-state index contributed by atoms with van der Waals surface area (Å²) in [5.74, 6) is -0.190. The molecule has 3 nitrogen and oxygen atoms in total. The highest BCUT2D eigenvalue weighted by molar-refractivity contribution is 7.14. The summed E-state index contributed by atoms with van der Waals surface area (Å²) in [5, 5.41) is 6.20. The number of benzene rings is 2. The molecule has 1 heterocycles. The second-order valence-electron chi connectivity index (χ2n) is 5.08. The third kappa shape index (κ3) is 2.92. The van der Waals surface area contributed by atoms with Gasteiger partial charge in [-0.15, -0.1) is 11.3 Å². The molecule has 3 rings (SSSR count). The van der Waals surface area contributed by atoms with E-state index < -0.39 is 0 Å². The Bertz CT molecular complexity index is 859. The van der Waals surface area contributed by atoms with E-state index in [1.54, 1.807) is 11.3 Å². The third-order valence-corrected chi connectivity index (χ3v) is 4.57. The number of nitrogens with zero attached hydrogens (tertiary/aromatic N) is 1. The Morgan fingerprint density at radius 1 is 1.05 bits per heavy atom. The lowest BCUT2D eigenvalue weighted by molar-refractivity contribution is 0.0956. The van der Waals surface area contributed by atoms with Crippen LogP contribution in [0, 0.1) is 6.92 Å². The van der Waals surface area contributed by atoms with Crippen molar-refractivity contribution in [1.82, 2.24) is 5.43 Å². The van der Waals surface area contributed by atoms with Crippen molar-refractivity contribution >= 4 is 33.7 Å². The minimum Gasteiger partial charge on any atom is -0.267 e. The lowest BCUT2D eigenvalue weighted by Crippen LogP contribution is -2.19. The maximum atomic E-state index is 12.4. The SMILES string of the molecule is C/C(=N/NC(=O)c1cccc2ccccc12)c1ccc(C)s1. The maximum Gasteiger partial charge on any atom is 0.272 e. The van der Waals surface area contributed by atoms with E-state index in [2.05, 4.69) is 17.5 Å². The zero-order valence-electron chi connectivity index (χ0n) is 12.5. The molecule has 110 valence electrons. The fraction of sp³-hybridized carbons (Fsp3) is 0.111. The molecule has 0 radical (unpaired) electrons. The molecule has 1 amide bonds. The topological polar surface area (TPSA) is 41.5 Å². The molecule has 1 aromatic heterocycles. The van der Waals surface area contributed by atoms with Gasteiger partial charge in [0.05, 0.1) is 10.6 Å². The van der Waals surface area contributed by atoms with Gasteiger partial charge in [0.1, 0.15) is 0 Å². The number of thiophene rings is 1. The van der Waals surface area contributed by atoms with Gasteiger partial charge in [-0.2, -0.15) is 5.10 Å². The summed E-state index contributed by atoms with van der Waals surface area (Å²) in [6.45, 7) is 3.95. The number of nitrogens with one attached hydrogen (secondary N) is 1. The number of hydrogen-bond acceptors (Lipinski definition) is 3.